The summed E-state index contributed by atoms with van der Waals surface area (Å²) in [6, 6.07) is 10.1. The first kappa shape index (κ1) is 31.4. The quantitative estimate of drug-likeness (QED) is 0.285. The van der Waals surface area contributed by atoms with Crippen LogP contribution in [0, 0.1) is 11.8 Å². The summed E-state index contributed by atoms with van der Waals surface area (Å²) < 4.78 is 53.5. The van der Waals surface area contributed by atoms with Gasteiger partial charge in [-0.05, 0) is 66.6 Å². The molecule has 0 spiro atoms. The molecule has 0 unspecified atom stereocenters. The summed E-state index contributed by atoms with van der Waals surface area (Å²) in [5.41, 5.74) is 1.25. The highest BCUT2D eigenvalue weighted by atomic mass is 32.2. The van der Waals surface area contributed by atoms with Gasteiger partial charge in [0.15, 0.2) is 0 Å². The maximum absolute atomic E-state index is 13.4. The summed E-state index contributed by atoms with van der Waals surface area (Å²) in [4.78, 5) is 13.5. The highest BCUT2D eigenvalue weighted by molar-refractivity contribution is 7.92. The number of rotatable bonds is 12. The second kappa shape index (κ2) is 13.2. The number of nitrogens with zero attached hydrogens (tertiary/aromatic N) is 2. The summed E-state index contributed by atoms with van der Waals surface area (Å²) in [7, 11) is -5.97. The van der Waals surface area contributed by atoms with Crippen molar-refractivity contribution >= 4 is 37.3 Å². The van der Waals surface area contributed by atoms with Crippen LogP contribution in [0.3, 0.4) is 0 Å². The Morgan fingerprint density at radius 3 is 2.12 bits per heavy atom. The third kappa shape index (κ3) is 7.46. The lowest BCUT2D eigenvalue weighted by Gasteiger charge is -2.39. The zero-order valence-corrected chi connectivity index (χ0v) is 25.1. The molecule has 2 fully saturated rings. The molecule has 226 valence electrons. The van der Waals surface area contributed by atoms with E-state index in [0.29, 0.717) is 30.3 Å². The predicted octanol–water partition coefficient (Wildman–Crippen LogP) is 1.98. The van der Waals surface area contributed by atoms with Crippen LogP contribution in [0.25, 0.3) is 0 Å². The van der Waals surface area contributed by atoms with E-state index in [1.807, 2.05) is 0 Å². The van der Waals surface area contributed by atoms with Gasteiger partial charge in [-0.1, -0.05) is 25.3 Å². The first-order chi connectivity index (χ1) is 19.4. The maximum Gasteiger partial charge on any atom is 0.257 e. The fraction of sp³-hybridized carbons (Fsp3) is 0.536. The van der Waals surface area contributed by atoms with Crippen molar-refractivity contribution in [1.82, 2.24) is 9.62 Å². The van der Waals surface area contributed by atoms with E-state index in [4.69, 9.17) is 0 Å². The fourth-order valence-corrected chi connectivity index (χ4v) is 7.32. The topological polar surface area (TPSA) is 156 Å². The molecule has 1 saturated heterocycles. The highest BCUT2D eigenvalue weighted by Crippen LogP contribution is 2.39. The van der Waals surface area contributed by atoms with Crippen molar-refractivity contribution in [2.24, 2.45) is 11.8 Å². The van der Waals surface area contributed by atoms with Crippen LogP contribution in [0.1, 0.15) is 48.0 Å². The molecule has 0 bridgehead atoms. The Bertz CT molecular complexity index is 1420. The molecule has 2 aromatic rings. The Morgan fingerprint density at radius 1 is 0.976 bits per heavy atom. The molecule has 0 radical (unpaired) electrons. The Labute approximate surface area is 242 Å². The molecule has 13 heteroatoms. The van der Waals surface area contributed by atoms with Gasteiger partial charge in [0.1, 0.15) is 0 Å². The second-order valence-electron chi connectivity index (χ2n) is 10.9. The van der Waals surface area contributed by atoms with E-state index in [0.717, 1.165) is 29.3 Å². The minimum absolute atomic E-state index is 0.0906. The smallest absolute Gasteiger partial charge is 0.257 e. The number of piperidine rings is 1. The van der Waals surface area contributed by atoms with Gasteiger partial charge in [-0.2, -0.15) is 4.31 Å². The summed E-state index contributed by atoms with van der Waals surface area (Å²) in [5.74, 6) is 0.779. The summed E-state index contributed by atoms with van der Waals surface area (Å²) in [6.07, 6.45) is 6.60. The number of carbonyl (C=O) groups is 1. The molecular formula is C28H40N4O7S2. The monoisotopic (exact) mass is 608 g/mol. The van der Waals surface area contributed by atoms with Gasteiger partial charge in [-0.3, -0.25) is 9.10 Å². The van der Waals surface area contributed by atoms with Crippen LogP contribution >= 0.6 is 0 Å². The van der Waals surface area contributed by atoms with Crippen LogP contribution in [0.4, 0.5) is 11.4 Å². The molecule has 1 aliphatic heterocycles. The van der Waals surface area contributed by atoms with E-state index in [9.17, 15) is 31.8 Å². The van der Waals surface area contributed by atoms with Gasteiger partial charge in [0.05, 0.1) is 41.7 Å². The normalized spacial score (nSPS) is 17.4. The van der Waals surface area contributed by atoms with Crippen molar-refractivity contribution < 1.29 is 31.8 Å². The van der Waals surface area contributed by atoms with Crippen LogP contribution in [0.2, 0.25) is 0 Å². The van der Waals surface area contributed by atoms with Crippen LogP contribution in [-0.4, -0.2) is 82.9 Å². The van der Waals surface area contributed by atoms with Crippen molar-refractivity contribution in [2.75, 3.05) is 49.2 Å². The highest BCUT2D eigenvalue weighted by Gasteiger charge is 2.34. The Hall–Kier alpha value is -2.55. The number of nitrogens with one attached hydrogen (secondary N) is 2. The van der Waals surface area contributed by atoms with Gasteiger partial charge in [0.2, 0.25) is 20.0 Å². The molecule has 0 aromatic heterocycles. The Balaban J connectivity index is 1.48. The second-order valence-corrected chi connectivity index (χ2v) is 14.9. The molecule has 4 rings (SSSR count). The fourth-order valence-electron chi connectivity index (χ4n) is 5.33. The van der Waals surface area contributed by atoms with Crippen molar-refractivity contribution in [3.8, 4) is 0 Å². The Kier molecular flexibility index (Phi) is 10.1. The third-order valence-corrected chi connectivity index (χ3v) is 11.3. The van der Waals surface area contributed by atoms with E-state index in [-0.39, 0.29) is 35.9 Å². The van der Waals surface area contributed by atoms with E-state index < -0.39 is 32.0 Å². The average Bonchev–Trinajstić information content (AvgIpc) is 2.92. The molecule has 1 saturated carbocycles. The lowest BCUT2D eigenvalue weighted by molar-refractivity contribution is 0.102. The van der Waals surface area contributed by atoms with Crippen molar-refractivity contribution in [1.29, 1.82) is 0 Å². The maximum atomic E-state index is 13.4. The number of anilines is 2. The van der Waals surface area contributed by atoms with Gasteiger partial charge in [-0.15, -0.1) is 0 Å². The molecule has 1 heterocycles. The lowest BCUT2D eigenvalue weighted by atomic mass is 9.72. The Morgan fingerprint density at radius 2 is 1.59 bits per heavy atom. The molecule has 1 aliphatic carbocycles. The average molecular weight is 609 g/mol. The summed E-state index contributed by atoms with van der Waals surface area (Å²) in [5, 5.41) is 24.3. The first-order valence-corrected chi connectivity index (χ1v) is 17.2. The van der Waals surface area contributed by atoms with Crippen LogP contribution in [-0.2, 0) is 26.6 Å². The van der Waals surface area contributed by atoms with E-state index in [1.54, 1.807) is 10.4 Å². The van der Waals surface area contributed by atoms with Gasteiger partial charge >= 0.3 is 0 Å². The predicted molar refractivity (Wildman–Crippen MR) is 158 cm³/mol. The number of hydrogen-bond donors (Lipinski definition) is 4. The lowest BCUT2D eigenvalue weighted by Crippen LogP contribution is -2.41. The van der Waals surface area contributed by atoms with Gasteiger partial charge < -0.3 is 20.8 Å². The standard InChI is InChI=1S/C28H40N4O7S2/c1-31(40(2,36)37)27-11-6-20(17-29-24(18-33)19-34)16-26(27)28(35)30-23-7-9-25(10-8-23)41(38,39)32-14-12-22(13-15-32)21-4-3-5-21/h6-11,16,21-22,24,29,33-34H,3-5,12-15,17-19H2,1-2H3,(H,30,35). The number of aliphatic hydroxyl groups is 2. The van der Waals surface area contributed by atoms with Gasteiger partial charge in [-0.25, -0.2) is 16.8 Å². The SMILES string of the molecule is CN(c1ccc(CNC(CO)CO)cc1C(=O)Nc1ccc(S(=O)(=O)N2CCC(C3CCC3)CC2)cc1)S(C)(=O)=O. The van der Waals surface area contributed by atoms with Crippen LogP contribution < -0.4 is 14.9 Å². The molecule has 1 amide bonds. The van der Waals surface area contributed by atoms with Crippen molar-refractivity contribution in [3.05, 3.63) is 53.6 Å². The zero-order valence-electron chi connectivity index (χ0n) is 23.5. The number of sulfonamides is 2. The molecule has 4 N–H and O–H groups in total. The number of amides is 1. The van der Waals surface area contributed by atoms with Gasteiger partial charge in [0, 0.05) is 32.4 Å². The van der Waals surface area contributed by atoms with E-state index in [2.05, 4.69) is 10.6 Å². The van der Waals surface area contributed by atoms with Crippen molar-refractivity contribution in [2.45, 2.75) is 49.6 Å². The molecular weight excluding hydrogens is 568 g/mol. The van der Waals surface area contributed by atoms with Crippen molar-refractivity contribution in [3.63, 3.8) is 0 Å². The number of benzene rings is 2. The van der Waals surface area contributed by atoms with E-state index in [1.165, 1.54) is 62.7 Å². The minimum atomic E-state index is -3.67. The molecule has 41 heavy (non-hydrogen) atoms. The van der Waals surface area contributed by atoms with Crippen LogP contribution in [0.15, 0.2) is 47.4 Å². The number of hydrogen-bond acceptors (Lipinski definition) is 8. The van der Waals surface area contributed by atoms with Crippen LogP contribution in [0.5, 0.6) is 0 Å². The molecule has 0 atom stereocenters. The summed E-state index contributed by atoms with van der Waals surface area (Å²) >= 11 is 0. The third-order valence-electron chi connectivity index (χ3n) is 8.24. The number of aliphatic hydroxyl groups excluding tert-OH is 2. The summed E-state index contributed by atoms with van der Waals surface area (Å²) in [6.45, 7) is 0.703. The molecule has 11 nitrogen and oxygen atoms in total. The molecule has 2 aromatic carbocycles. The van der Waals surface area contributed by atoms with E-state index >= 15 is 0 Å². The van der Waals surface area contributed by atoms with Gasteiger partial charge in [0.25, 0.3) is 5.91 Å². The molecule has 2 aliphatic rings. The minimum Gasteiger partial charge on any atom is -0.395 e. The largest absolute Gasteiger partial charge is 0.395 e. The first-order valence-electron chi connectivity index (χ1n) is 13.9. The number of carbonyl (C=O) groups excluding carboxylic acids is 1. The zero-order chi connectivity index (χ0) is 29.8.